The number of benzene rings is 7. The van der Waals surface area contributed by atoms with Crippen LogP contribution in [0.4, 0.5) is 17.1 Å². The molecule has 0 atom stereocenters. The lowest BCUT2D eigenvalue weighted by molar-refractivity contribution is 1.26. The third-order valence-electron chi connectivity index (χ3n) is 10.7. The van der Waals surface area contributed by atoms with Crippen molar-refractivity contribution in [3.63, 3.8) is 0 Å². The van der Waals surface area contributed by atoms with E-state index in [1.165, 1.54) is 70.5 Å². The molecule has 49 heavy (non-hydrogen) atoms. The van der Waals surface area contributed by atoms with Crippen LogP contribution in [0, 0.1) is 0 Å². The zero-order valence-electron chi connectivity index (χ0n) is 26.3. The maximum Gasteiger partial charge on any atom is 0.146 e. The number of hydrogen-bond acceptors (Lipinski definition) is 2. The predicted octanol–water partition coefficient (Wildman–Crippen LogP) is 12.0. The molecule has 0 bridgehead atoms. The molecule has 0 N–H and O–H groups in total. The SMILES string of the molecule is c1ccc(N(c2ccccc2)c2cccc3c4cccc5c6nc7c(cc6n(c23)c45)c2cc3ccccc3c3c4ccccc4n7c23)cc1. The molecule has 0 aliphatic rings. The second-order valence-corrected chi connectivity index (χ2v) is 13.2. The lowest BCUT2D eigenvalue weighted by atomic mass is 10.0. The molecule has 5 aromatic heterocycles. The second kappa shape index (κ2) is 9.03. The number of nitrogens with zero attached hydrogens (tertiary/aromatic N) is 4. The van der Waals surface area contributed by atoms with E-state index in [4.69, 9.17) is 4.98 Å². The van der Waals surface area contributed by atoms with Gasteiger partial charge in [0.15, 0.2) is 0 Å². The molecule has 0 amide bonds. The summed E-state index contributed by atoms with van der Waals surface area (Å²) < 4.78 is 4.90. The van der Waals surface area contributed by atoms with Crippen molar-refractivity contribution < 1.29 is 0 Å². The van der Waals surface area contributed by atoms with Gasteiger partial charge in [-0.25, -0.2) is 4.98 Å². The fourth-order valence-corrected chi connectivity index (χ4v) is 8.79. The minimum absolute atomic E-state index is 1.01. The Hall–Kier alpha value is -6.65. The van der Waals surface area contributed by atoms with Crippen molar-refractivity contribution in [1.29, 1.82) is 0 Å². The van der Waals surface area contributed by atoms with Crippen molar-refractivity contribution in [1.82, 2.24) is 13.8 Å². The quantitative estimate of drug-likeness (QED) is 0.196. The summed E-state index contributed by atoms with van der Waals surface area (Å²) in [6.45, 7) is 0. The molecule has 0 fully saturated rings. The number of para-hydroxylation sites is 5. The molecule has 5 heterocycles. The van der Waals surface area contributed by atoms with Crippen LogP contribution in [0.5, 0.6) is 0 Å². The zero-order valence-corrected chi connectivity index (χ0v) is 26.3. The molecule has 7 aromatic carbocycles. The van der Waals surface area contributed by atoms with Crippen molar-refractivity contribution in [2.75, 3.05) is 4.90 Å². The molecule has 226 valence electrons. The molecule has 12 rings (SSSR count). The van der Waals surface area contributed by atoms with Gasteiger partial charge in [0.25, 0.3) is 0 Å². The molecule has 12 aromatic rings. The molecule has 0 saturated heterocycles. The fourth-order valence-electron chi connectivity index (χ4n) is 8.79. The van der Waals surface area contributed by atoms with Crippen molar-refractivity contribution in [3.8, 4) is 0 Å². The first-order chi connectivity index (χ1) is 24.3. The van der Waals surface area contributed by atoms with Crippen LogP contribution in [-0.2, 0) is 0 Å². The standard InChI is InChI=1S/C45H26N4/c1-3-14-28(15-4-1)47(29-16-5-2-6-17-29)38-24-12-21-32-31-20-11-22-34-41-39(48(42(31)34)43(32)38)26-36-35-25-27-13-7-8-18-30(27)40-33-19-9-10-23-37(33)49(44(35)40)45(36)46-41/h1-26H. The lowest BCUT2D eigenvalue weighted by Gasteiger charge is -2.26. The number of aromatic nitrogens is 3. The van der Waals surface area contributed by atoms with E-state index in [1.54, 1.807) is 0 Å². The van der Waals surface area contributed by atoms with Crippen molar-refractivity contribution >= 4 is 104 Å². The van der Waals surface area contributed by atoms with E-state index in [-0.39, 0.29) is 0 Å². The van der Waals surface area contributed by atoms with Crippen LogP contribution in [0.1, 0.15) is 0 Å². The largest absolute Gasteiger partial charge is 0.308 e. The summed E-state index contributed by atoms with van der Waals surface area (Å²) in [5.41, 5.74) is 11.4. The van der Waals surface area contributed by atoms with Crippen molar-refractivity contribution in [3.05, 3.63) is 158 Å². The average Bonchev–Trinajstić information content (AvgIpc) is 3.88. The topological polar surface area (TPSA) is 25.0 Å². The Balaban J connectivity index is 1.29. The summed E-state index contributed by atoms with van der Waals surface area (Å²) in [5, 5.41) is 11.2. The van der Waals surface area contributed by atoms with Crippen LogP contribution in [0.15, 0.2) is 158 Å². The van der Waals surface area contributed by atoms with Gasteiger partial charge in [-0.3, -0.25) is 4.40 Å². The Labute approximate surface area is 279 Å². The second-order valence-electron chi connectivity index (χ2n) is 13.2. The summed E-state index contributed by atoms with van der Waals surface area (Å²) >= 11 is 0. The Morgan fingerprint density at radius 1 is 0.408 bits per heavy atom. The van der Waals surface area contributed by atoms with E-state index >= 15 is 0 Å². The molecule has 4 heteroatoms. The highest BCUT2D eigenvalue weighted by atomic mass is 15.2. The zero-order chi connectivity index (χ0) is 31.8. The number of rotatable bonds is 3. The van der Waals surface area contributed by atoms with Crippen LogP contribution in [-0.4, -0.2) is 13.8 Å². The van der Waals surface area contributed by atoms with Gasteiger partial charge in [0.05, 0.1) is 38.8 Å². The first kappa shape index (κ1) is 25.4. The van der Waals surface area contributed by atoms with E-state index in [0.29, 0.717) is 0 Å². The van der Waals surface area contributed by atoms with E-state index in [2.05, 4.69) is 171 Å². The number of pyridine rings is 1. The van der Waals surface area contributed by atoms with Gasteiger partial charge in [0.2, 0.25) is 0 Å². The predicted molar refractivity (Wildman–Crippen MR) is 206 cm³/mol. The summed E-state index contributed by atoms with van der Waals surface area (Å²) in [6, 6.07) is 57.2. The smallest absolute Gasteiger partial charge is 0.146 e. The highest BCUT2D eigenvalue weighted by Gasteiger charge is 2.26. The maximum absolute atomic E-state index is 5.62. The van der Waals surface area contributed by atoms with Crippen LogP contribution < -0.4 is 4.90 Å². The van der Waals surface area contributed by atoms with Gasteiger partial charge in [-0.15, -0.1) is 0 Å². The fraction of sp³-hybridized carbons (Fsp3) is 0. The minimum Gasteiger partial charge on any atom is -0.308 e. The van der Waals surface area contributed by atoms with Gasteiger partial charge < -0.3 is 9.30 Å². The van der Waals surface area contributed by atoms with E-state index in [9.17, 15) is 0 Å². The van der Waals surface area contributed by atoms with Crippen molar-refractivity contribution in [2.24, 2.45) is 0 Å². The number of anilines is 3. The van der Waals surface area contributed by atoms with Gasteiger partial charge in [-0.05, 0) is 59.3 Å². The van der Waals surface area contributed by atoms with Gasteiger partial charge >= 0.3 is 0 Å². The monoisotopic (exact) mass is 622 g/mol. The molecular formula is C45H26N4. The first-order valence-electron chi connectivity index (χ1n) is 16.8. The van der Waals surface area contributed by atoms with Gasteiger partial charge in [0, 0.05) is 49.1 Å². The van der Waals surface area contributed by atoms with Crippen LogP contribution in [0.25, 0.3) is 87.2 Å². The number of fused-ring (bicyclic) bond motifs is 14. The van der Waals surface area contributed by atoms with E-state index < -0.39 is 0 Å². The third-order valence-corrected chi connectivity index (χ3v) is 10.7. The van der Waals surface area contributed by atoms with Crippen LogP contribution in [0.2, 0.25) is 0 Å². The van der Waals surface area contributed by atoms with Crippen molar-refractivity contribution in [2.45, 2.75) is 0 Å². The van der Waals surface area contributed by atoms with Gasteiger partial charge in [-0.1, -0.05) is 109 Å². The van der Waals surface area contributed by atoms with Crippen LogP contribution in [0.3, 0.4) is 0 Å². The highest BCUT2D eigenvalue weighted by Crippen LogP contribution is 2.47. The molecule has 0 aliphatic heterocycles. The highest BCUT2D eigenvalue weighted by molar-refractivity contribution is 6.32. The molecule has 0 radical (unpaired) electrons. The molecule has 0 aliphatic carbocycles. The summed E-state index contributed by atoms with van der Waals surface area (Å²) in [7, 11) is 0. The van der Waals surface area contributed by atoms with Gasteiger partial charge in [0.1, 0.15) is 5.65 Å². The summed E-state index contributed by atoms with van der Waals surface area (Å²) in [6.07, 6.45) is 0. The van der Waals surface area contributed by atoms with E-state index in [1.807, 2.05) is 0 Å². The maximum atomic E-state index is 5.62. The van der Waals surface area contributed by atoms with Crippen LogP contribution >= 0.6 is 0 Å². The summed E-state index contributed by atoms with van der Waals surface area (Å²) in [4.78, 5) is 8.01. The Morgan fingerprint density at radius 2 is 1.04 bits per heavy atom. The first-order valence-corrected chi connectivity index (χ1v) is 16.8. The Bertz CT molecular complexity index is 3220. The summed E-state index contributed by atoms with van der Waals surface area (Å²) in [5.74, 6) is 0. The number of hydrogen-bond donors (Lipinski definition) is 0. The lowest BCUT2D eigenvalue weighted by Crippen LogP contribution is -2.10. The Kier molecular flexibility index (Phi) is 4.69. The minimum atomic E-state index is 1.01. The normalized spacial score (nSPS) is 12.5. The molecule has 4 nitrogen and oxygen atoms in total. The van der Waals surface area contributed by atoms with Gasteiger partial charge in [-0.2, -0.15) is 0 Å². The molecule has 0 unspecified atom stereocenters. The molecule has 0 spiro atoms. The third kappa shape index (κ3) is 3.12. The Morgan fingerprint density at radius 3 is 1.84 bits per heavy atom. The average molecular weight is 623 g/mol. The van der Waals surface area contributed by atoms with E-state index in [0.717, 1.165) is 33.7 Å². The molecular weight excluding hydrogens is 597 g/mol. The molecule has 0 saturated carbocycles.